The number of hydrogen-bond acceptors (Lipinski definition) is 4. The highest BCUT2D eigenvalue weighted by Gasteiger charge is 2.15. The Morgan fingerprint density at radius 2 is 1.63 bits per heavy atom. The summed E-state index contributed by atoms with van der Waals surface area (Å²) in [5, 5.41) is 8.16. The van der Waals surface area contributed by atoms with Gasteiger partial charge in [-0.25, -0.2) is 0 Å². The molecule has 0 spiro atoms. The molecule has 2 aromatic rings. The van der Waals surface area contributed by atoms with Crippen molar-refractivity contribution < 1.29 is 18.8 Å². The van der Waals surface area contributed by atoms with E-state index in [0.717, 1.165) is 12.0 Å². The van der Waals surface area contributed by atoms with Crippen LogP contribution in [0.2, 0.25) is 0 Å². The summed E-state index contributed by atoms with van der Waals surface area (Å²) < 4.78 is 5.32. The van der Waals surface area contributed by atoms with Gasteiger partial charge in [0, 0.05) is 17.8 Å². The molecule has 3 N–H and O–H groups in total. The number of nitrogens with one attached hydrogen (secondary N) is 3. The largest absolute Gasteiger partial charge is 0.466 e. The van der Waals surface area contributed by atoms with Gasteiger partial charge in [-0.15, -0.1) is 0 Å². The van der Waals surface area contributed by atoms with Gasteiger partial charge < -0.3 is 20.4 Å². The summed E-state index contributed by atoms with van der Waals surface area (Å²) in [4.78, 5) is 36.1. The fraction of sp³-hybridized carbons (Fsp3) is 0.350. The topological polar surface area (TPSA) is 100 Å². The van der Waals surface area contributed by atoms with Crippen LogP contribution in [0.4, 0.5) is 11.4 Å². The van der Waals surface area contributed by atoms with Crippen molar-refractivity contribution in [3.05, 3.63) is 46.9 Å². The van der Waals surface area contributed by atoms with Crippen LogP contribution in [0, 0.1) is 20.8 Å². The van der Waals surface area contributed by atoms with Crippen molar-refractivity contribution in [1.82, 2.24) is 5.32 Å². The number of carbonyl (C=O) groups excluding carboxylic acids is 3. The Morgan fingerprint density at radius 1 is 1.00 bits per heavy atom. The van der Waals surface area contributed by atoms with E-state index in [-0.39, 0.29) is 24.3 Å². The molecule has 0 saturated carbocycles. The van der Waals surface area contributed by atoms with Crippen LogP contribution in [0.25, 0.3) is 0 Å². The van der Waals surface area contributed by atoms with Gasteiger partial charge in [-0.3, -0.25) is 14.4 Å². The van der Waals surface area contributed by atoms with E-state index in [1.807, 2.05) is 13.8 Å². The van der Waals surface area contributed by atoms with Gasteiger partial charge in [0.05, 0.1) is 12.1 Å². The summed E-state index contributed by atoms with van der Waals surface area (Å²) in [7, 11) is 0. The Hall–Kier alpha value is -3.09. The second-order valence-corrected chi connectivity index (χ2v) is 6.33. The number of anilines is 2. The first-order valence-corrected chi connectivity index (χ1v) is 8.86. The molecule has 0 fully saturated rings. The maximum atomic E-state index is 12.2. The van der Waals surface area contributed by atoms with Crippen LogP contribution in [-0.2, 0) is 9.59 Å². The number of hydrogen-bond donors (Lipinski definition) is 3. The van der Waals surface area contributed by atoms with Crippen LogP contribution in [-0.4, -0.2) is 24.3 Å². The predicted molar refractivity (Wildman–Crippen MR) is 104 cm³/mol. The van der Waals surface area contributed by atoms with Crippen LogP contribution >= 0.6 is 0 Å². The molecular formula is C20H25N3O4. The van der Waals surface area contributed by atoms with Gasteiger partial charge in [0.2, 0.25) is 11.8 Å². The van der Waals surface area contributed by atoms with E-state index in [1.165, 1.54) is 0 Å². The Morgan fingerprint density at radius 3 is 2.19 bits per heavy atom. The van der Waals surface area contributed by atoms with Gasteiger partial charge in [0.25, 0.3) is 5.91 Å². The van der Waals surface area contributed by atoms with Crippen LogP contribution in [0.5, 0.6) is 0 Å². The fourth-order valence-corrected chi connectivity index (χ4v) is 2.65. The third kappa shape index (κ3) is 5.44. The lowest BCUT2D eigenvalue weighted by atomic mass is 10.1. The molecule has 1 heterocycles. The van der Waals surface area contributed by atoms with Gasteiger partial charge in [-0.05, 0) is 51.0 Å². The van der Waals surface area contributed by atoms with E-state index in [0.29, 0.717) is 34.9 Å². The molecule has 144 valence electrons. The van der Waals surface area contributed by atoms with Gasteiger partial charge in [-0.1, -0.05) is 13.0 Å². The Balaban J connectivity index is 1.96. The molecule has 0 aliphatic rings. The zero-order valence-electron chi connectivity index (χ0n) is 16.1. The molecule has 7 nitrogen and oxygen atoms in total. The van der Waals surface area contributed by atoms with Crippen LogP contribution in [0.3, 0.4) is 0 Å². The summed E-state index contributed by atoms with van der Waals surface area (Å²) in [6.45, 7) is 7.03. The monoisotopic (exact) mass is 371 g/mol. The predicted octanol–water partition coefficient (Wildman–Crippen LogP) is 3.31. The van der Waals surface area contributed by atoms with E-state index in [4.69, 9.17) is 4.42 Å². The minimum Gasteiger partial charge on any atom is -0.466 e. The summed E-state index contributed by atoms with van der Waals surface area (Å²) in [5.74, 6) is 0.358. The second kappa shape index (κ2) is 9.02. The second-order valence-electron chi connectivity index (χ2n) is 6.33. The Labute approximate surface area is 158 Å². The molecule has 1 aromatic heterocycles. The van der Waals surface area contributed by atoms with Crippen LogP contribution in [0.15, 0.2) is 28.7 Å². The Bertz CT molecular complexity index is 855. The summed E-state index contributed by atoms with van der Waals surface area (Å²) in [6.07, 6.45) is 1.20. The fourth-order valence-electron chi connectivity index (χ4n) is 2.65. The van der Waals surface area contributed by atoms with Crippen molar-refractivity contribution in [2.75, 3.05) is 17.2 Å². The molecule has 3 amide bonds. The van der Waals surface area contributed by atoms with Crippen molar-refractivity contribution in [2.45, 2.75) is 40.5 Å². The van der Waals surface area contributed by atoms with Crippen molar-refractivity contribution in [1.29, 1.82) is 0 Å². The molecule has 0 unspecified atom stereocenters. The molecule has 1 aromatic carbocycles. The van der Waals surface area contributed by atoms with E-state index >= 15 is 0 Å². The lowest BCUT2D eigenvalue weighted by molar-refractivity contribution is -0.116. The minimum atomic E-state index is -0.364. The molecule has 0 aliphatic heterocycles. The first-order valence-electron chi connectivity index (χ1n) is 8.86. The molecule has 0 saturated heterocycles. The number of aryl methyl sites for hydroxylation is 2. The number of amides is 3. The van der Waals surface area contributed by atoms with Gasteiger partial charge in [0.15, 0.2) is 0 Å². The van der Waals surface area contributed by atoms with E-state index in [2.05, 4.69) is 16.0 Å². The van der Waals surface area contributed by atoms with Crippen LogP contribution < -0.4 is 16.0 Å². The molecule has 0 bridgehead atoms. The average Bonchev–Trinajstić information content (AvgIpc) is 2.95. The highest BCUT2D eigenvalue weighted by molar-refractivity contribution is 6.00. The first kappa shape index (κ1) is 20.2. The van der Waals surface area contributed by atoms with Crippen LogP contribution in [0.1, 0.15) is 47.2 Å². The molecular weight excluding hydrogens is 346 g/mol. The smallest absolute Gasteiger partial charge is 0.255 e. The Kier molecular flexibility index (Phi) is 6.76. The summed E-state index contributed by atoms with van der Waals surface area (Å²) >= 11 is 0. The van der Waals surface area contributed by atoms with Crippen molar-refractivity contribution >= 4 is 29.1 Å². The van der Waals surface area contributed by atoms with E-state index < -0.39 is 0 Å². The van der Waals surface area contributed by atoms with Gasteiger partial charge in [-0.2, -0.15) is 0 Å². The van der Waals surface area contributed by atoms with Gasteiger partial charge >= 0.3 is 0 Å². The van der Waals surface area contributed by atoms with Crippen molar-refractivity contribution in [3.8, 4) is 0 Å². The highest BCUT2D eigenvalue weighted by Crippen LogP contribution is 2.23. The lowest BCUT2D eigenvalue weighted by Crippen LogP contribution is -2.33. The molecule has 0 aliphatic carbocycles. The molecule has 2 rings (SSSR count). The molecule has 0 atom stereocenters. The molecule has 0 radical (unpaired) electrons. The molecule has 7 heteroatoms. The third-order valence-corrected chi connectivity index (χ3v) is 4.05. The number of rotatable bonds is 7. The minimum absolute atomic E-state index is 0.0675. The van der Waals surface area contributed by atoms with E-state index in [1.54, 1.807) is 38.1 Å². The van der Waals surface area contributed by atoms with Gasteiger partial charge in [0.1, 0.15) is 11.5 Å². The summed E-state index contributed by atoms with van der Waals surface area (Å²) in [5.41, 5.74) is 2.40. The van der Waals surface area contributed by atoms with E-state index in [9.17, 15) is 14.4 Å². The standard InChI is InChI=1S/C20H25N3O4/c1-5-7-18(24)22-16-8-6-9-17(13(16)3)23-19(25)11-21-20(26)15-10-12(2)27-14(15)4/h6,8-10H,5,7,11H2,1-4H3,(H,21,26)(H,22,24)(H,23,25). The number of carbonyl (C=O) groups is 3. The number of benzene rings is 1. The maximum absolute atomic E-state index is 12.2. The highest BCUT2D eigenvalue weighted by atomic mass is 16.3. The normalized spacial score (nSPS) is 10.4. The zero-order chi connectivity index (χ0) is 20.0. The molecule has 27 heavy (non-hydrogen) atoms. The van der Waals surface area contributed by atoms with Crippen molar-refractivity contribution in [3.63, 3.8) is 0 Å². The first-order chi connectivity index (χ1) is 12.8. The lowest BCUT2D eigenvalue weighted by Gasteiger charge is -2.13. The maximum Gasteiger partial charge on any atom is 0.255 e. The number of furan rings is 1. The van der Waals surface area contributed by atoms with Crippen molar-refractivity contribution in [2.24, 2.45) is 0 Å². The zero-order valence-corrected chi connectivity index (χ0v) is 16.1. The average molecular weight is 371 g/mol. The third-order valence-electron chi connectivity index (χ3n) is 4.05. The summed E-state index contributed by atoms with van der Waals surface area (Å²) in [6, 6.07) is 6.91. The quantitative estimate of drug-likeness (QED) is 0.695. The SMILES string of the molecule is CCCC(=O)Nc1cccc(NC(=O)CNC(=O)c2cc(C)oc2C)c1C.